The van der Waals surface area contributed by atoms with Crippen molar-refractivity contribution < 1.29 is 0 Å². The number of nitrogens with one attached hydrogen (secondary N) is 1. The van der Waals surface area contributed by atoms with E-state index in [9.17, 15) is 0 Å². The smallest absolute Gasteiger partial charge is 0.104 e. The minimum atomic E-state index is 0.939. The van der Waals surface area contributed by atoms with Crippen molar-refractivity contribution in [3.63, 3.8) is 0 Å². The number of rotatable bonds is 2. The van der Waals surface area contributed by atoms with Gasteiger partial charge in [0.25, 0.3) is 0 Å². The molecular weight excluding hydrogens is 232 g/mol. The summed E-state index contributed by atoms with van der Waals surface area (Å²) < 4.78 is 0. The second kappa shape index (κ2) is 4.73. The minimum Gasteiger partial charge on any atom is -0.342 e. The molecule has 0 unspecified atom stereocenters. The highest BCUT2D eigenvalue weighted by atomic mass is 14.9. The highest BCUT2D eigenvalue weighted by Gasteiger charge is 2.11. The SMILES string of the molecule is Cc1ccc(-c2[nH]c(C)nc2-c2ccccc2)cc1. The third-order valence-corrected chi connectivity index (χ3v) is 3.21. The van der Waals surface area contributed by atoms with Crippen LogP contribution in [0.25, 0.3) is 22.5 Å². The number of hydrogen-bond acceptors (Lipinski definition) is 1. The lowest BCUT2D eigenvalue weighted by molar-refractivity contribution is 1.15. The Balaban J connectivity index is 2.15. The average Bonchev–Trinajstić information content (AvgIpc) is 2.83. The van der Waals surface area contributed by atoms with Crippen molar-refractivity contribution in [2.75, 3.05) is 0 Å². The van der Waals surface area contributed by atoms with Gasteiger partial charge in [-0.3, -0.25) is 0 Å². The first kappa shape index (κ1) is 11.7. The Morgan fingerprint density at radius 1 is 0.789 bits per heavy atom. The van der Waals surface area contributed by atoms with E-state index in [2.05, 4.69) is 53.3 Å². The number of benzene rings is 2. The van der Waals surface area contributed by atoms with Crippen molar-refractivity contribution in [3.05, 3.63) is 66.0 Å². The summed E-state index contributed by atoms with van der Waals surface area (Å²) in [7, 11) is 0. The molecule has 0 radical (unpaired) electrons. The summed E-state index contributed by atoms with van der Waals surface area (Å²) in [5.74, 6) is 0.939. The van der Waals surface area contributed by atoms with Gasteiger partial charge in [-0.25, -0.2) is 4.98 Å². The highest BCUT2D eigenvalue weighted by Crippen LogP contribution is 2.29. The van der Waals surface area contributed by atoms with Gasteiger partial charge >= 0.3 is 0 Å². The molecule has 0 bridgehead atoms. The van der Waals surface area contributed by atoms with Crippen LogP contribution in [0.1, 0.15) is 11.4 Å². The second-order valence-electron chi connectivity index (χ2n) is 4.78. The predicted octanol–water partition coefficient (Wildman–Crippen LogP) is 4.36. The first-order chi connectivity index (χ1) is 9.24. The van der Waals surface area contributed by atoms with Crippen LogP contribution in [0.15, 0.2) is 54.6 Å². The van der Waals surface area contributed by atoms with Crippen LogP contribution in [-0.2, 0) is 0 Å². The molecule has 94 valence electrons. The largest absolute Gasteiger partial charge is 0.342 e. The van der Waals surface area contributed by atoms with E-state index in [1.807, 2.05) is 25.1 Å². The van der Waals surface area contributed by atoms with E-state index in [0.717, 1.165) is 22.8 Å². The van der Waals surface area contributed by atoms with Crippen molar-refractivity contribution in [1.82, 2.24) is 9.97 Å². The number of H-pyrrole nitrogens is 1. The number of imidazole rings is 1. The van der Waals surface area contributed by atoms with E-state index in [4.69, 9.17) is 0 Å². The molecule has 2 heteroatoms. The van der Waals surface area contributed by atoms with Crippen molar-refractivity contribution in [2.24, 2.45) is 0 Å². The molecule has 0 saturated carbocycles. The van der Waals surface area contributed by atoms with Gasteiger partial charge < -0.3 is 4.98 Å². The lowest BCUT2D eigenvalue weighted by atomic mass is 10.0. The van der Waals surface area contributed by atoms with Gasteiger partial charge in [0.1, 0.15) is 5.82 Å². The van der Waals surface area contributed by atoms with Gasteiger partial charge in [0.15, 0.2) is 0 Å². The summed E-state index contributed by atoms with van der Waals surface area (Å²) in [4.78, 5) is 7.99. The molecular formula is C17H16N2. The lowest BCUT2D eigenvalue weighted by Crippen LogP contribution is -1.84. The quantitative estimate of drug-likeness (QED) is 0.717. The molecule has 1 heterocycles. The molecule has 0 amide bonds. The molecule has 0 aliphatic heterocycles. The molecule has 19 heavy (non-hydrogen) atoms. The number of aryl methyl sites for hydroxylation is 2. The Labute approximate surface area is 113 Å². The van der Waals surface area contributed by atoms with E-state index < -0.39 is 0 Å². The zero-order valence-corrected chi connectivity index (χ0v) is 11.1. The van der Waals surface area contributed by atoms with Gasteiger partial charge in [-0.1, -0.05) is 60.2 Å². The topological polar surface area (TPSA) is 28.7 Å². The zero-order valence-electron chi connectivity index (χ0n) is 11.1. The Hall–Kier alpha value is -2.35. The molecule has 0 atom stereocenters. The maximum absolute atomic E-state index is 4.62. The Kier molecular flexibility index (Phi) is 2.92. The predicted molar refractivity (Wildman–Crippen MR) is 78.9 cm³/mol. The van der Waals surface area contributed by atoms with Crippen LogP contribution in [0, 0.1) is 13.8 Å². The second-order valence-corrected chi connectivity index (χ2v) is 4.78. The Morgan fingerprint density at radius 2 is 1.47 bits per heavy atom. The maximum atomic E-state index is 4.62. The summed E-state index contributed by atoms with van der Waals surface area (Å²) in [6.07, 6.45) is 0. The standard InChI is InChI=1S/C17H16N2/c1-12-8-10-15(11-9-12)17-16(18-13(2)19-17)14-6-4-3-5-7-14/h3-11H,1-2H3,(H,18,19). The average molecular weight is 248 g/mol. The summed E-state index contributed by atoms with van der Waals surface area (Å²) in [5, 5.41) is 0. The summed E-state index contributed by atoms with van der Waals surface area (Å²) >= 11 is 0. The van der Waals surface area contributed by atoms with Gasteiger partial charge in [-0.15, -0.1) is 0 Å². The fourth-order valence-corrected chi connectivity index (χ4v) is 2.23. The molecule has 0 aliphatic rings. The third kappa shape index (κ3) is 2.29. The van der Waals surface area contributed by atoms with E-state index in [-0.39, 0.29) is 0 Å². The molecule has 1 N–H and O–H groups in total. The zero-order chi connectivity index (χ0) is 13.2. The van der Waals surface area contributed by atoms with Crippen LogP contribution in [0.5, 0.6) is 0 Å². The normalized spacial score (nSPS) is 10.6. The van der Waals surface area contributed by atoms with Gasteiger partial charge in [-0.05, 0) is 13.8 Å². The highest BCUT2D eigenvalue weighted by molar-refractivity contribution is 5.78. The maximum Gasteiger partial charge on any atom is 0.104 e. The van der Waals surface area contributed by atoms with E-state index in [1.165, 1.54) is 11.1 Å². The van der Waals surface area contributed by atoms with E-state index >= 15 is 0 Å². The molecule has 3 aromatic rings. The van der Waals surface area contributed by atoms with E-state index in [0.29, 0.717) is 0 Å². The van der Waals surface area contributed by atoms with Crippen molar-refractivity contribution in [2.45, 2.75) is 13.8 Å². The van der Waals surface area contributed by atoms with Crippen LogP contribution in [0.4, 0.5) is 0 Å². The Bertz CT molecular complexity index is 679. The number of aromatic amines is 1. The van der Waals surface area contributed by atoms with Crippen molar-refractivity contribution in [3.8, 4) is 22.5 Å². The van der Waals surface area contributed by atoms with Gasteiger partial charge in [0.2, 0.25) is 0 Å². The van der Waals surface area contributed by atoms with Gasteiger partial charge in [-0.2, -0.15) is 0 Å². The molecule has 0 spiro atoms. The number of nitrogens with zero attached hydrogens (tertiary/aromatic N) is 1. The molecule has 2 nitrogen and oxygen atoms in total. The van der Waals surface area contributed by atoms with Crippen LogP contribution in [0.2, 0.25) is 0 Å². The van der Waals surface area contributed by atoms with Gasteiger partial charge in [0.05, 0.1) is 11.4 Å². The van der Waals surface area contributed by atoms with Gasteiger partial charge in [0, 0.05) is 11.1 Å². The first-order valence-corrected chi connectivity index (χ1v) is 6.43. The lowest BCUT2D eigenvalue weighted by Gasteiger charge is -2.03. The summed E-state index contributed by atoms with van der Waals surface area (Å²) in [6, 6.07) is 18.8. The third-order valence-electron chi connectivity index (χ3n) is 3.21. The molecule has 0 aliphatic carbocycles. The van der Waals surface area contributed by atoms with Crippen molar-refractivity contribution >= 4 is 0 Å². The molecule has 0 saturated heterocycles. The fraction of sp³-hybridized carbons (Fsp3) is 0.118. The molecule has 2 aromatic carbocycles. The monoisotopic (exact) mass is 248 g/mol. The molecule has 3 rings (SSSR count). The first-order valence-electron chi connectivity index (χ1n) is 6.43. The van der Waals surface area contributed by atoms with Crippen LogP contribution >= 0.6 is 0 Å². The fourth-order valence-electron chi connectivity index (χ4n) is 2.23. The number of aromatic nitrogens is 2. The summed E-state index contributed by atoms with van der Waals surface area (Å²) in [5.41, 5.74) is 5.68. The number of hydrogen-bond donors (Lipinski definition) is 1. The summed E-state index contributed by atoms with van der Waals surface area (Å²) in [6.45, 7) is 4.09. The minimum absolute atomic E-state index is 0.939. The van der Waals surface area contributed by atoms with E-state index in [1.54, 1.807) is 0 Å². The molecule has 0 fully saturated rings. The van der Waals surface area contributed by atoms with Crippen molar-refractivity contribution in [1.29, 1.82) is 0 Å². The van der Waals surface area contributed by atoms with Crippen LogP contribution < -0.4 is 0 Å². The molecule has 1 aromatic heterocycles. The Morgan fingerprint density at radius 3 is 2.16 bits per heavy atom. The van der Waals surface area contributed by atoms with Crippen LogP contribution in [-0.4, -0.2) is 9.97 Å². The van der Waals surface area contributed by atoms with Crippen LogP contribution in [0.3, 0.4) is 0 Å².